The third kappa shape index (κ3) is 6.55. The second kappa shape index (κ2) is 10.8. The Morgan fingerprint density at radius 1 is 0.844 bits per heavy atom. The quantitative estimate of drug-likeness (QED) is 0.174. The number of hydrogen-bond donors (Lipinski definition) is 2. The minimum Gasteiger partial charge on any atom is -0.423 e. The molecule has 0 unspecified atom stereocenters. The lowest BCUT2D eigenvalue weighted by atomic mass is 10.2. The number of benzene rings is 3. The van der Waals surface area contributed by atoms with E-state index in [4.69, 9.17) is 39.5 Å². The maximum atomic E-state index is 12.1. The van der Waals surface area contributed by atoms with E-state index >= 15 is 0 Å². The smallest absolute Gasteiger partial charge is 0.343 e. The summed E-state index contributed by atoms with van der Waals surface area (Å²) in [5, 5.41) is 7.08. The largest absolute Gasteiger partial charge is 0.423 e. The summed E-state index contributed by atoms with van der Waals surface area (Å²) in [4.78, 5) is 36.0. The molecule has 0 spiro atoms. The molecule has 2 N–H and O–H groups in total. The standard InChI is InChI=1S/C22H14Cl3N3O4/c23-15-3-1-2-14(10-15)22(31)32-17-7-4-13(5-8-17)12-26-28-21(30)20(29)27-19-11-16(24)6-9-18(19)25/h1-12H,(H,27,29)(H,28,30)/b26-12-. The predicted molar refractivity (Wildman–Crippen MR) is 124 cm³/mol. The van der Waals surface area contributed by atoms with E-state index in [9.17, 15) is 14.4 Å². The van der Waals surface area contributed by atoms with Crippen LogP contribution in [0.4, 0.5) is 5.69 Å². The van der Waals surface area contributed by atoms with Gasteiger partial charge in [0.2, 0.25) is 0 Å². The SMILES string of the molecule is O=C(N/N=C\c1ccc(OC(=O)c2cccc(Cl)c2)cc1)C(=O)Nc1cc(Cl)ccc1Cl. The van der Waals surface area contributed by atoms with Crippen molar-refractivity contribution in [3.05, 3.63) is 92.9 Å². The highest BCUT2D eigenvalue weighted by Crippen LogP contribution is 2.25. The molecule has 3 aromatic rings. The van der Waals surface area contributed by atoms with Gasteiger partial charge in [-0.1, -0.05) is 40.9 Å². The maximum Gasteiger partial charge on any atom is 0.343 e. The van der Waals surface area contributed by atoms with Gasteiger partial charge in [-0.05, 0) is 66.2 Å². The number of halogens is 3. The lowest BCUT2D eigenvalue weighted by molar-refractivity contribution is -0.136. The Labute approximate surface area is 197 Å². The van der Waals surface area contributed by atoms with Gasteiger partial charge in [0.05, 0.1) is 22.5 Å². The van der Waals surface area contributed by atoms with Crippen molar-refractivity contribution in [2.24, 2.45) is 5.10 Å². The summed E-state index contributed by atoms with van der Waals surface area (Å²) in [7, 11) is 0. The average molecular weight is 491 g/mol. The minimum absolute atomic E-state index is 0.200. The van der Waals surface area contributed by atoms with Gasteiger partial charge in [-0.3, -0.25) is 9.59 Å². The van der Waals surface area contributed by atoms with Gasteiger partial charge in [0.1, 0.15) is 5.75 Å². The number of hydrazone groups is 1. The van der Waals surface area contributed by atoms with Crippen LogP contribution in [-0.2, 0) is 9.59 Å². The fourth-order valence-electron chi connectivity index (χ4n) is 2.39. The molecule has 0 aromatic heterocycles. The van der Waals surface area contributed by atoms with Crippen LogP contribution in [0, 0.1) is 0 Å². The van der Waals surface area contributed by atoms with Crippen LogP contribution < -0.4 is 15.5 Å². The molecule has 32 heavy (non-hydrogen) atoms. The highest BCUT2D eigenvalue weighted by atomic mass is 35.5. The fraction of sp³-hybridized carbons (Fsp3) is 0. The Balaban J connectivity index is 1.53. The molecule has 0 radical (unpaired) electrons. The number of rotatable bonds is 5. The summed E-state index contributed by atoms with van der Waals surface area (Å²) >= 11 is 17.7. The average Bonchev–Trinajstić information content (AvgIpc) is 2.77. The Hall–Kier alpha value is -3.39. The fourth-order valence-corrected chi connectivity index (χ4v) is 2.92. The second-order valence-electron chi connectivity index (χ2n) is 6.25. The minimum atomic E-state index is -0.996. The zero-order valence-electron chi connectivity index (χ0n) is 16.1. The topological polar surface area (TPSA) is 96.9 Å². The molecule has 0 saturated carbocycles. The van der Waals surface area contributed by atoms with E-state index in [1.807, 2.05) is 0 Å². The molecule has 162 valence electrons. The Bertz CT molecular complexity index is 1200. The summed E-state index contributed by atoms with van der Waals surface area (Å²) in [5.74, 6) is -2.19. The number of anilines is 1. The van der Waals surface area contributed by atoms with Crippen molar-refractivity contribution in [3.63, 3.8) is 0 Å². The van der Waals surface area contributed by atoms with E-state index in [0.29, 0.717) is 26.9 Å². The van der Waals surface area contributed by atoms with Crippen LogP contribution in [0.2, 0.25) is 15.1 Å². The molecule has 3 rings (SSSR count). The molecule has 0 atom stereocenters. The van der Waals surface area contributed by atoms with E-state index in [0.717, 1.165) is 0 Å². The number of amides is 2. The molecule has 0 aliphatic carbocycles. The van der Waals surface area contributed by atoms with Crippen molar-refractivity contribution in [2.45, 2.75) is 0 Å². The van der Waals surface area contributed by atoms with Gasteiger partial charge in [-0.2, -0.15) is 5.10 Å². The molecule has 0 heterocycles. The number of esters is 1. The van der Waals surface area contributed by atoms with Crippen molar-refractivity contribution < 1.29 is 19.1 Å². The Kier molecular flexibility index (Phi) is 7.83. The molecule has 0 fully saturated rings. The number of carbonyl (C=O) groups is 3. The molecule has 10 heteroatoms. The predicted octanol–water partition coefficient (Wildman–Crippen LogP) is 4.95. The monoisotopic (exact) mass is 489 g/mol. The molecule has 0 saturated heterocycles. The van der Waals surface area contributed by atoms with E-state index < -0.39 is 17.8 Å². The van der Waals surface area contributed by atoms with Crippen molar-refractivity contribution in [2.75, 3.05) is 5.32 Å². The van der Waals surface area contributed by atoms with Crippen LogP contribution in [0.3, 0.4) is 0 Å². The first-order chi connectivity index (χ1) is 15.3. The first-order valence-electron chi connectivity index (χ1n) is 8.99. The van der Waals surface area contributed by atoms with Gasteiger partial charge >= 0.3 is 17.8 Å². The third-order valence-corrected chi connectivity index (χ3v) is 4.71. The van der Waals surface area contributed by atoms with Crippen LogP contribution in [0.25, 0.3) is 0 Å². The maximum absolute atomic E-state index is 12.1. The number of carbonyl (C=O) groups excluding carboxylic acids is 3. The molecule has 3 aromatic carbocycles. The number of ether oxygens (including phenoxy) is 1. The molecule has 7 nitrogen and oxygen atoms in total. The molecule has 0 aliphatic rings. The molecule has 2 amide bonds. The molecular formula is C22H14Cl3N3O4. The van der Waals surface area contributed by atoms with Crippen LogP contribution in [0.1, 0.15) is 15.9 Å². The molecular weight excluding hydrogens is 477 g/mol. The molecule has 0 bridgehead atoms. The number of nitrogens with zero attached hydrogens (tertiary/aromatic N) is 1. The van der Waals surface area contributed by atoms with E-state index in [-0.39, 0.29) is 10.7 Å². The zero-order valence-corrected chi connectivity index (χ0v) is 18.4. The third-order valence-electron chi connectivity index (χ3n) is 3.91. The van der Waals surface area contributed by atoms with Gasteiger partial charge in [-0.15, -0.1) is 0 Å². The van der Waals surface area contributed by atoms with Crippen molar-refractivity contribution >= 4 is 64.5 Å². The normalized spacial score (nSPS) is 10.6. The summed E-state index contributed by atoms with van der Waals surface area (Å²) in [5.41, 5.74) is 3.22. The Morgan fingerprint density at radius 3 is 2.28 bits per heavy atom. The summed E-state index contributed by atoms with van der Waals surface area (Å²) in [6.07, 6.45) is 1.32. The second-order valence-corrected chi connectivity index (χ2v) is 7.53. The van der Waals surface area contributed by atoms with Gasteiger partial charge in [-0.25, -0.2) is 10.2 Å². The van der Waals surface area contributed by atoms with Gasteiger partial charge in [0, 0.05) is 10.0 Å². The number of nitrogens with one attached hydrogen (secondary N) is 2. The van der Waals surface area contributed by atoms with E-state index in [1.165, 1.54) is 24.4 Å². The van der Waals surface area contributed by atoms with Crippen LogP contribution in [0.15, 0.2) is 71.8 Å². The molecule has 0 aliphatic heterocycles. The highest BCUT2D eigenvalue weighted by Gasteiger charge is 2.15. The summed E-state index contributed by atoms with van der Waals surface area (Å²) < 4.78 is 5.27. The van der Waals surface area contributed by atoms with Crippen LogP contribution in [-0.4, -0.2) is 24.0 Å². The lowest BCUT2D eigenvalue weighted by Crippen LogP contribution is -2.32. The number of hydrogen-bond acceptors (Lipinski definition) is 5. The van der Waals surface area contributed by atoms with Crippen molar-refractivity contribution in [1.29, 1.82) is 0 Å². The summed E-state index contributed by atoms with van der Waals surface area (Å²) in [6, 6.07) is 17.2. The lowest BCUT2D eigenvalue weighted by Gasteiger charge is -2.06. The van der Waals surface area contributed by atoms with Gasteiger partial charge < -0.3 is 10.1 Å². The van der Waals surface area contributed by atoms with Crippen LogP contribution >= 0.6 is 34.8 Å². The highest BCUT2D eigenvalue weighted by molar-refractivity contribution is 6.42. The first-order valence-corrected chi connectivity index (χ1v) is 10.1. The van der Waals surface area contributed by atoms with Crippen molar-refractivity contribution in [1.82, 2.24) is 5.43 Å². The zero-order chi connectivity index (χ0) is 23.1. The van der Waals surface area contributed by atoms with Gasteiger partial charge in [0.15, 0.2) is 0 Å². The summed E-state index contributed by atoms with van der Waals surface area (Å²) in [6.45, 7) is 0. The van der Waals surface area contributed by atoms with Gasteiger partial charge in [0.25, 0.3) is 0 Å². The van der Waals surface area contributed by atoms with E-state index in [1.54, 1.807) is 48.5 Å². The first kappa shape index (κ1) is 23.3. The Morgan fingerprint density at radius 2 is 1.56 bits per heavy atom. The van der Waals surface area contributed by atoms with Crippen molar-refractivity contribution in [3.8, 4) is 5.75 Å². The van der Waals surface area contributed by atoms with Crippen LogP contribution in [0.5, 0.6) is 5.75 Å². The van der Waals surface area contributed by atoms with E-state index in [2.05, 4.69) is 15.8 Å².